The van der Waals surface area contributed by atoms with Crippen molar-refractivity contribution >= 4 is 16.8 Å². The van der Waals surface area contributed by atoms with Crippen LogP contribution >= 0.6 is 0 Å². The minimum absolute atomic E-state index is 0.181. The molecule has 0 bridgehead atoms. The summed E-state index contributed by atoms with van der Waals surface area (Å²) >= 11 is 0. The van der Waals surface area contributed by atoms with E-state index in [9.17, 15) is 13.6 Å². The number of benzene rings is 1. The van der Waals surface area contributed by atoms with Crippen molar-refractivity contribution in [3.05, 3.63) is 45.4 Å². The van der Waals surface area contributed by atoms with Gasteiger partial charge in [-0.25, -0.2) is 18.2 Å². The van der Waals surface area contributed by atoms with Crippen molar-refractivity contribution in [1.29, 1.82) is 0 Å². The van der Waals surface area contributed by atoms with Crippen LogP contribution in [0.15, 0.2) is 16.9 Å². The Kier molecular flexibility index (Phi) is 3.47. The van der Waals surface area contributed by atoms with Crippen molar-refractivity contribution in [2.24, 2.45) is 0 Å². The van der Waals surface area contributed by atoms with Crippen LogP contribution in [-0.2, 0) is 6.42 Å². The summed E-state index contributed by atoms with van der Waals surface area (Å²) in [6, 6.07) is 2.03. The molecule has 0 radical (unpaired) electrons. The minimum Gasteiger partial charge on any atom is -0.328 e. The molecule has 4 nitrogen and oxygen atoms in total. The van der Waals surface area contributed by atoms with E-state index in [-0.39, 0.29) is 22.5 Å². The lowest BCUT2D eigenvalue weighted by molar-refractivity contribution is 0.510. The summed E-state index contributed by atoms with van der Waals surface area (Å²) in [7, 11) is 0. The molecule has 1 aromatic carbocycles. The Labute approximate surface area is 125 Å². The molecule has 0 aliphatic rings. The molecule has 6 heteroatoms. The smallest absolute Gasteiger partial charge is 0.262 e. The summed E-state index contributed by atoms with van der Waals surface area (Å²) in [6.45, 7) is 5.98. The number of imidazole rings is 1. The van der Waals surface area contributed by atoms with Crippen LogP contribution in [0, 0.1) is 11.6 Å². The molecule has 116 valence electrons. The topological polar surface area (TPSA) is 50.2 Å². The first-order valence-electron chi connectivity index (χ1n) is 7.40. The summed E-state index contributed by atoms with van der Waals surface area (Å²) in [6.07, 6.45) is 1.44. The SMILES string of the molecule is CCc1c(C(C)CC)[nH]c2nc3cc(F)c(F)cc3n2c1=O. The van der Waals surface area contributed by atoms with E-state index in [0.717, 1.165) is 24.2 Å². The van der Waals surface area contributed by atoms with Gasteiger partial charge >= 0.3 is 0 Å². The van der Waals surface area contributed by atoms with E-state index in [1.54, 1.807) is 0 Å². The fraction of sp³-hybridized carbons (Fsp3) is 0.375. The number of rotatable bonds is 3. The molecule has 1 N–H and O–H groups in total. The quantitative estimate of drug-likeness (QED) is 0.805. The fourth-order valence-electron chi connectivity index (χ4n) is 2.77. The summed E-state index contributed by atoms with van der Waals surface area (Å²) in [5.74, 6) is -1.46. The highest BCUT2D eigenvalue weighted by Crippen LogP contribution is 2.23. The van der Waals surface area contributed by atoms with Gasteiger partial charge in [0.15, 0.2) is 11.6 Å². The molecule has 2 aromatic heterocycles. The van der Waals surface area contributed by atoms with Crippen LogP contribution in [0.25, 0.3) is 16.8 Å². The molecule has 0 amide bonds. The van der Waals surface area contributed by atoms with Gasteiger partial charge in [0.1, 0.15) is 0 Å². The normalized spacial score (nSPS) is 13.1. The van der Waals surface area contributed by atoms with Gasteiger partial charge in [-0.3, -0.25) is 4.79 Å². The zero-order valence-electron chi connectivity index (χ0n) is 12.7. The number of halogens is 2. The Morgan fingerprint density at radius 1 is 1.27 bits per heavy atom. The molecule has 0 fully saturated rings. The van der Waals surface area contributed by atoms with Crippen molar-refractivity contribution in [1.82, 2.24) is 14.4 Å². The van der Waals surface area contributed by atoms with Crippen molar-refractivity contribution in [2.75, 3.05) is 0 Å². The zero-order chi connectivity index (χ0) is 16.0. The fourth-order valence-corrected chi connectivity index (χ4v) is 2.77. The minimum atomic E-state index is -0.988. The van der Waals surface area contributed by atoms with E-state index < -0.39 is 11.6 Å². The Morgan fingerprint density at radius 3 is 2.59 bits per heavy atom. The second-order valence-electron chi connectivity index (χ2n) is 5.51. The summed E-state index contributed by atoms with van der Waals surface area (Å²) in [4.78, 5) is 20.2. The van der Waals surface area contributed by atoms with Gasteiger partial charge in [0.2, 0.25) is 5.78 Å². The number of fused-ring (bicyclic) bond motifs is 3. The summed E-state index contributed by atoms with van der Waals surface area (Å²) in [5.41, 5.74) is 1.82. The highest BCUT2D eigenvalue weighted by atomic mass is 19.2. The lowest BCUT2D eigenvalue weighted by atomic mass is 9.99. The van der Waals surface area contributed by atoms with Gasteiger partial charge in [0.05, 0.1) is 11.0 Å². The Bertz CT molecular complexity index is 927. The number of nitrogens with one attached hydrogen (secondary N) is 1. The van der Waals surface area contributed by atoms with Crippen molar-refractivity contribution in [3.63, 3.8) is 0 Å². The van der Waals surface area contributed by atoms with E-state index in [1.807, 2.05) is 20.8 Å². The van der Waals surface area contributed by atoms with Gasteiger partial charge in [-0.2, -0.15) is 0 Å². The second kappa shape index (κ2) is 5.19. The first-order valence-corrected chi connectivity index (χ1v) is 7.40. The standard InChI is InChI=1S/C16H17F2N3O/c1-4-8(3)14-9(5-2)15(22)21-13-7-11(18)10(17)6-12(13)19-16(21)20-14/h6-8H,4-5H2,1-3H3,(H,19,20). The van der Waals surface area contributed by atoms with Crippen molar-refractivity contribution in [2.45, 2.75) is 39.5 Å². The first-order chi connectivity index (χ1) is 10.5. The van der Waals surface area contributed by atoms with E-state index in [2.05, 4.69) is 9.97 Å². The average Bonchev–Trinajstić information content (AvgIpc) is 2.84. The van der Waals surface area contributed by atoms with Gasteiger partial charge in [-0.1, -0.05) is 20.8 Å². The van der Waals surface area contributed by atoms with Crippen LogP contribution < -0.4 is 5.56 Å². The third kappa shape index (κ3) is 2.01. The molecule has 0 spiro atoms. The number of aromatic amines is 1. The Hall–Kier alpha value is -2.24. The lowest BCUT2D eigenvalue weighted by Crippen LogP contribution is -2.22. The molecule has 1 atom stereocenters. The maximum absolute atomic E-state index is 13.5. The van der Waals surface area contributed by atoms with Crippen LogP contribution in [0.1, 0.15) is 44.4 Å². The molecule has 1 unspecified atom stereocenters. The number of nitrogens with zero attached hydrogens (tertiary/aromatic N) is 2. The van der Waals surface area contributed by atoms with Crippen LogP contribution in [0.2, 0.25) is 0 Å². The van der Waals surface area contributed by atoms with Crippen molar-refractivity contribution in [3.8, 4) is 0 Å². The van der Waals surface area contributed by atoms with Crippen LogP contribution in [-0.4, -0.2) is 14.4 Å². The second-order valence-corrected chi connectivity index (χ2v) is 5.51. The lowest BCUT2D eigenvalue weighted by Gasteiger charge is -2.14. The largest absolute Gasteiger partial charge is 0.328 e. The van der Waals surface area contributed by atoms with Gasteiger partial charge < -0.3 is 4.98 Å². The number of hydrogen-bond donors (Lipinski definition) is 1. The number of aromatic nitrogens is 3. The van der Waals surface area contributed by atoms with E-state index in [1.165, 1.54) is 4.40 Å². The third-order valence-electron chi connectivity index (χ3n) is 4.19. The molecular weight excluding hydrogens is 288 g/mol. The molecule has 2 heterocycles. The summed E-state index contributed by atoms with van der Waals surface area (Å²) in [5, 5.41) is 0. The molecule has 0 aliphatic heterocycles. The van der Waals surface area contributed by atoms with Crippen LogP contribution in [0.5, 0.6) is 0 Å². The average molecular weight is 305 g/mol. The molecule has 0 saturated carbocycles. The molecule has 22 heavy (non-hydrogen) atoms. The predicted molar refractivity (Wildman–Crippen MR) is 81.3 cm³/mol. The zero-order valence-corrected chi connectivity index (χ0v) is 12.7. The Balaban J connectivity index is 2.46. The molecule has 0 saturated heterocycles. The molecule has 3 rings (SSSR count). The van der Waals surface area contributed by atoms with Crippen molar-refractivity contribution < 1.29 is 8.78 Å². The van der Waals surface area contributed by atoms with E-state index in [4.69, 9.17) is 0 Å². The Morgan fingerprint density at radius 2 is 1.95 bits per heavy atom. The maximum atomic E-state index is 13.5. The third-order valence-corrected chi connectivity index (χ3v) is 4.19. The molecule has 3 aromatic rings. The van der Waals surface area contributed by atoms with E-state index in [0.29, 0.717) is 17.8 Å². The predicted octanol–water partition coefficient (Wildman–Crippen LogP) is 3.53. The first kappa shape index (κ1) is 14.7. The van der Waals surface area contributed by atoms with Gasteiger partial charge in [-0.05, 0) is 18.8 Å². The monoisotopic (exact) mass is 305 g/mol. The molecular formula is C16H17F2N3O. The number of hydrogen-bond acceptors (Lipinski definition) is 2. The van der Waals surface area contributed by atoms with Gasteiger partial charge in [-0.15, -0.1) is 0 Å². The summed E-state index contributed by atoms with van der Waals surface area (Å²) < 4.78 is 28.2. The van der Waals surface area contributed by atoms with Crippen LogP contribution in [0.4, 0.5) is 8.78 Å². The van der Waals surface area contributed by atoms with Gasteiger partial charge in [0, 0.05) is 23.4 Å². The highest BCUT2D eigenvalue weighted by Gasteiger charge is 2.18. The van der Waals surface area contributed by atoms with Gasteiger partial charge in [0.25, 0.3) is 5.56 Å². The maximum Gasteiger partial charge on any atom is 0.262 e. The van der Waals surface area contributed by atoms with Crippen LogP contribution in [0.3, 0.4) is 0 Å². The number of H-pyrrole nitrogens is 1. The molecule has 0 aliphatic carbocycles. The van der Waals surface area contributed by atoms with E-state index >= 15 is 0 Å². The highest BCUT2D eigenvalue weighted by molar-refractivity contribution is 5.79.